The zero-order valence-electron chi connectivity index (χ0n) is 11.9. The number of carbonyl (C=O) groups is 1. The Balaban J connectivity index is 0.00000220. The van der Waals surface area contributed by atoms with Crippen molar-refractivity contribution in [2.75, 3.05) is 13.1 Å². The zero-order valence-corrected chi connectivity index (χ0v) is 12.7. The molecule has 1 amide bonds. The lowest BCUT2D eigenvalue weighted by molar-refractivity contribution is -0.385. The predicted molar refractivity (Wildman–Crippen MR) is 82.6 cm³/mol. The maximum atomic E-state index is 12.0. The van der Waals surface area contributed by atoms with Gasteiger partial charge in [-0.15, -0.1) is 12.4 Å². The van der Waals surface area contributed by atoms with Crippen molar-refractivity contribution in [1.29, 1.82) is 0 Å². The van der Waals surface area contributed by atoms with E-state index >= 15 is 0 Å². The van der Waals surface area contributed by atoms with Crippen LogP contribution in [0.2, 0.25) is 0 Å². The molecular weight excluding hydrogens is 294 g/mol. The van der Waals surface area contributed by atoms with Gasteiger partial charge >= 0.3 is 0 Å². The molecule has 1 aliphatic rings. The molecular formula is C14H20ClN3O3. The van der Waals surface area contributed by atoms with Gasteiger partial charge in [0.25, 0.3) is 5.69 Å². The lowest BCUT2D eigenvalue weighted by atomic mass is 9.95. The van der Waals surface area contributed by atoms with E-state index in [0.29, 0.717) is 11.5 Å². The molecule has 0 radical (unpaired) electrons. The lowest BCUT2D eigenvalue weighted by Crippen LogP contribution is -2.48. The number of benzene rings is 1. The van der Waals surface area contributed by atoms with Crippen molar-refractivity contribution in [1.82, 2.24) is 10.6 Å². The third kappa shape index (κ3) is 4.68. The van der Waals surface area contributed by atoms with E-state index in [4.69, 9.17) is 0 Å². The Labute approximate surface area is 129 Å². The Bertz CT molecular complexity index is 510. The van der Waals surface area contributed by atoms with Gasteiger partial charge in [0.1, 0.15) is 0 Å². The van der Waals surface area contributed by atoms with Gasteiger partial charge in [0.05, 0.1) is 11.3 Å². The van der Waals surface area contributed by atoms with Crippen LogP contribution in [-0.2, 0) is 11.2 Å². The minimum Gasteiger partial charge on any atom is -0.353 e. The molecule has 1 heterocycles. The van der Waals surface area contributed by atoms with E-state index in [1.54, 1.807) is 18.2 Å². The number of hydrogen-bond acceptors (Lipinski definition) is 4. The highest BCUT2D eigenvalue weighted by Gasteiger charge is 2.23. The second-order valence-corrected chi connectivity index (χ2v) is 5.21. The number of piperidine rings is 1. The maximum absolute atomic E-state index is 12.0. The summed E-state index contributed by atoms with van der Waals surface area (Å²) in [4.78, 5) is 22.5. The molecule has 0 bridgehead atoms. The largest absolute Gasteiger partial charge is 0.353 e. The van der Waals surface area contributed by atoms with Gasteiger partial charge in [-0.25, -0.2) is 0 Å². The van der Waals surface area contributed by atoms with Gasteiger partial charge in [-0.05, 0) is 25.4 Å². The van der Waals surface area contributed by atoms with Crippen molar-refractivity contribution in [3.8, 4) is 0 Å². The molecule has 0 saturated carbocycles. The first-order valence-corrected chi connectivity index (χ1v) is 6.80. The number of para-hydroxylation sites is 1. The van der Waals surface area contributed by atoms with Gasteiger partial charge in [-0.3, -0.25) is 14.9 Å². The Morgan fingerprint density at radius 3 is 2.86 bits per heavy atom. The number of hydrogen-bond donors (Lipinski definition) is 2. The third-order valence-electron chi connectivity index (χ3n) is 3.67. The number of nitrogens with one attached hydrogen (secondary N) is 2. The van der Waals surface area contributed by atoms with Crippen LogP contribution >= 0.6 is 12.4 Å². The lowest BCUT2D eigenvalue weighted by Gasteiger charge is -2.30. The number of nitro benzene ring substituents is 1. The van der Waals surface area contributed by atoms with E-state index in [-0.39, 0.29) is 36.5 Å². The number of nitro groups is 1. The monoisotopic (exact) mass is 313 g/mol. The normalized spacial score (nSPS) is 21.2. The van der Waals surface area contributed by atoms with Crippen molar-refractivity contribution >= 4 is 24.0 Å². The molecule has 0 spiro atoms. The molecule has 2 unspecified atom stereocenters. The van der Waals surface area contributed by atoms with E-state index in [9.17, 15) is 14.9 Å². The molecule has 2 N–H and O–H groups in total. The average molecular weight is 314 g/mol. The van der Waals surface area contributed by atoms with E-state index in [2.05, 4.69) is 17.6 Å². The molecule has 0 aromatic heterocycles. The molecule has 0 aliphatic carbocycles. The van der Waals surface area contributed by atoms with E-state index < -0.39 is 4.92 Å². The predicted octanol–water partition coefficient (Wildman–Crippen LogP) is 1.67. The Kier molecular flexibility index (Phi) is 6.58. The van der Waals surface area contributed by atoms with Crippen LogP contribution in [0.25, 0.3) is 0 Å². The van der Waals surface area contributed by atoms with Crippen LogP contribution in [0.15, 0.2) is 24.3 Å². The summed E-state index contributed by atoms with van der Waals surface area (Å²) in [5.74, 6) is 0.219. The summed E-state index contributed by atoms with van der Waals surface area (Å²) in [6.07, 6.45) is 0.942. The number of amides is 1. The summed E-state index contributed by atoms with van der Waals surface area (Å²) in [6, 6.07) is 6.52. The fourth-order valence-electron chi connectivity index (χ4n) is 2.50. The topological polar surface area (TPSA) is 84.3 Å². The minimum atomic E-state index is -0.449. The van der Waals surface area contributed by atoms with Gasteiger partial charge in [0.15, 0.2) is 0 Å². The molecule has 2 rings (SSSR count). The van der Waals surface area contributed by atoms with Crippen LogP contribution in [0, 0.1) is 16.0 Å². The summed E-state index contributed by atoms with van der Waals surface area (Å²) < 4.78 is 0. The van der Waals surface area contributed by atoms with E-state index in [1.165, 1.54) is 6.07 Å². The Hall–Kier alpha value is -1.66. The third-order valence-corrected chi connectivity index (χ3v) is 3.67. The highest BCUT2D eigenvalue weighted by molar-refractivity contribution is 5.85. The van der Waals surface area contributed by atoms with Crippen molar-refractivity contribution < 1.29 is 9.72 Å². The smallest absolute Gasteiger partial charge is 0.273 e. The summed E-state index contributed by atoms with van der Waals surface area (Å²) in [5, 5.41) is 17.2. The fourth-order valence-corrected chi connectivity index (χ4v) is 2.50. The molecule has 1 aromatic rings. The molecule has 116 valence electrons. The zero-order chi connectivity index (χ0) is 14.5. The molecule has 1 fully saturated rings. The van der Waals surface area contributed by atoms with Crippen molar-refractivity contribution in [2.45, 2.75) is 25.8 Å². The van der Waals surface area contributed by atoms with Crippen LogP contribution in [-0.4, -0.2) is 30.0 Å². The van der Waals surface area contributed by atoms with Crippen LogP contribution < -0.4 is 10.6 Å². The van der Waals surface area contributed by atoms with Crippen molar-refractivity contribution in [3.05, 3.63) is 39.9 Å². The second-order valence-electron chi connectivity index (χ2n) is 5.21. The average Bonchev–Trinajstić information content (AvgIpc) is 2.41. The summed E-state index contributed by atoms with van der Waals surface area (Å²) in [7, 11) is 0. The highest BCUT2D eigenvalue weighted by atomic mass is 35.5. The van der Waals surface area contributed by atoms with Crippen LogP contribution in [0.4, 0.5) is 5.69 Å². The van der Waals surface area contributed by atoms with Crippen LogP contribution in [0.5, 0.6) is 0 Å². The number of rotatable bonds is 4. The molecule has 1 aromatic carbocycles. The summed E-state index contributed by atoms with van der Waals surface area (Å²) in [5.41, 5.74) is 0.456. The first kappa shape index (κ1) is 17.4. The summed E-state index contributed by atoms with van der Waals surface area (Å²) >= 11 is 0. The van der Waals surface area contributed by atoms with Crippen molar-refractivity contribution in [3.63, 3.8) is 0 Å². The highest BCUT2D eigenvalue weighted by Crippen LogP contribution is 2.18. The maximum Gasteiger partial charge on any atom is 0.273 e. The minimum absolute atomic E-state index is 0. The SMILES string of the molecule is CC1CNCCC1NC(=O)Cc1ccccc1[N+](=O)[O-].Cl. The molecule has 6 nitrogen and oxygen atoms in total. The van der Waals surface area contributed by atoms with Crippen LogP contribution in [0.1, 0.15) is 18.9 Å². The summed E-state index contributed by atoms with van der Waals surface area (Å²) in [6.45, 7) is 3.86. The molecule has 7 heteroatoms. The first-order valence-electron chi connectivity index (χ1n) is 6.80. The quantitative estimate of drug-likeness (QED) is 0.654. The van der Waals surface area contributed by atoms with Gasteiger partial charge in [-0.1, -0.05) is 25.1 Å². The number of carbonyl (C=O) groups excluding carboxylic acids is 1. The standard InChI is InChI=1S/C14H19N3O3.ClH/c1-10-9-15-7-6-12(10)16-14(18)8-11-4-2-3-5-13(11)17(19)20;/h2-5,10,12,15H,6-9H2,1H3,(H,16,18);1H. The van der Waals surface area contributed by atoms with Gasteiger partial charge < -0.3 is 10.6 Å². The van der Waals surface area contributed by atoms with Crippen LogP contribution in [0.3, 0.4) is 0 Å². The fraction of sp³-hybridized carbons (Fsp3) is 0.500. The van der Waals surface area contributed by atoms with Gasteiger partial charge in [0, 0.05) is 17.7 Å². The van der Waals surface area contributed by atoms with Crippen molar-refractivity contribution in [2.24, 2.45) is 5.92 Å². The number of nitrogens with zero attached hydrogens (tertiary/aromatic N) is 1. The molecule has 2 atom stereocenters. The molecule has 1 aliphatic heterocycles. The molecule has 21 heavy (non-hydrogen) atoms. The van der Waals surface area contributed by atoms with Gasteiger partial charge in [0.2, 0.25) is 5.91 Å². The first-order chi connectivity index (χ1) is 9.58. The van der Waals surface area contributed by atoms with E-state index in [1.807, 2.05) is 0 Å². The van der Waals surface area contributed by atoms with E-state index in [0.717, 1.165) is 19.5 Å². The second kappa shape index (κ2) is 7.95. The number of halogens is 1. The van der Waals surface area contributed by atoms with Gasteiger partial charge in [-0.2, -0.15) is 0 Å². The Morgan fingerprint density at radius 2 is 2.19 bits per heavy atom. The molecule has 1 saturated heterocycles. The Morgan fingerprint density at radius 1 is 1.48 bits per heavy atom.